The van der Waals surface area contributed by atoms with Crippen LogP contribution in [0.25, 0.3) is 0 Å². The lowest BCUT2D eigenvalue weighted by Crippen LogP contribution is -2.35. The fourth-order valence-corrected chi connectivity index (χ4v) is 2.06. The lowest BCUT2D eigenvalue weighted by molar-refractivity contribution is -0.152. The summed E-state index contributed by atoms with van der Waals surface area (Å²) < 4.78 is 20.9. The highest BCUT2D eigenvalue weighted by Gasteiger charge is 2.50. The number of fused-ring (bicyclic) bond motifs is 1. The van der Waals surface area contributed by atoms with Crippen LogP contribution in [-0.4, -0.2) is 49.6 Å². The van der Waals surface area contributed by atoms with Crippen molar-refractivity contribution in [1.29, 1.82) is 0 Å². The highest BCUT2D eigenvalue weighted by molar-refractivity contribution is 5.66. The van der Waals surface area contributed by atoms with Gasteiger partial charge < -0.3 is 18.9 Å². The van der Waals surface area contributed by atoms with Crippen LogP contribution in [0, 0.1) is 0 Å². The first-order valence-corrected chi connectivity index (χ1v) is 5.15. The van der Waals surface area contributed by atoms with Crippen LogP contribution in [0.15, 0.2) is 0 Å². The molecule has 0 aromatic heterocycles. The molecule has 0 aromatic carbocycles. The molecule has 6 nitrogen and oxygen atoms in total. The van der Waals surface area contributed by atoms with Crippen LogP contribution >= 0.6 is 0 Å². The highest BCUT2D eigenvalue weighted by atomic mass is 16.7. The average Bonchev–Trinajstić information content (AvgIpc) is 2.70. The minimum Gasteiger partial charge on any atom is -0.457 e. The van der Waals surface area contributed by atoms with Crippen molar-refractivity contribution >= 4 is 11.9 Å². The molecule has 90 valence electrons. The van der Waals surface area contributed by atoms with Crippen molar-refractivity contribution in [3.8, 4) is 0 Å². The fourth-order valence-electron chi connectivity index (χ4n) is 2.06. The molecule has 0 aliphatic carbocycles. The quantitative estimate of drug-likeness (QED) is 0.604. The Balaban J connectivity index is 1.95. The summed E-state index contributed by atoms with van der Waals surface area (Å²) in [6.45, 7) is 3.25. The van der Waals surface area contributed by atoms with Crippen LogP contribution in [0.2, 0.25) is 0 Å². The molecule has 0 bridgehead atoms. The van der Waals surface area contributed by atoms with Gasteiger partial charge in [-0.1, -0.05) is 0 Å². The molecule has 4 atom stereocenters. The van der Waals surface area contributed by atoms with Gasteiger partial charge in [-0.15, -0.1) is 0 Å². The number of hydrogen-bond donors (Lipinski definition) is 0. The van der Waals surface area contributed by atoms with Gasteiger partial charge in [-0.25, -0.2) is 0 Å². The molecule has 2 unspecified atom stereocenters. The monoisotopic (exact) mass is 230 g/mol. The van der Waals surface area contributed by atoms with Crippen LogP contribution in [0.5, 0.6) is 0 Å². The maximum absolute atomic E-state index is 10.8. The Kier molecular flexibility index (Phi) is 3.11. The molecular formula is C10H14O6. The van der Waals surface area contributed by atoms with E-state index in [1.165, 1.54) is 13.8 Å². The summed E-state index contributed by atoms with van der Waals surface area (Å²) in [5.41, 5.74) is 0. The van der Waals surface area contributed by atoms with Crippen molar-refractivity contribution in [2.75, 3.05) is 13.2 Å². The molecule has 2 fully saturated rings. The SMILES string of the molecule is CC(=O)O[C@@H]1COC2C1OC[C@H]2OC(C)=O. The summed E-state index contributed by atoms with van der Waals surface area (Å²) in [5.74, 6) is -0.734. The summed E-state index contributed by atoms with van der Waals surface area (Å²) in [7, 11) is 0. The van der Waals surface area contributed by atoms with Crippen molar-refractivity contribution in [2.45, 2.75) is 38.3 Å². The molecule has 6 heteroatoms. The minimum atomic E-state index is -0.400. The zero-order valence-corrected chi connectivity index (χ0v) is 9.17. The Morgan fingerprint density at radius 1 is 0.938 bits per heavy atom. The van der Waals surface area contributed by atoms with Gasteiger partial charge in [0.1, 0.15) is 12.2 Å². The molecule has 0 radical (unpaired) electrons. The van der Waals surface area contributed by atoms with E-state index in [9.17, 15) is 9.59 Å². The van der Waals surface area contributed by atoms with E-state index in [2.05, 4.69) is 0 Å². The van der Waals surface area contributed by atoms with E-state index in [1.54, 1.807) is 0 Å². The summed E-state index contributed by atoms with van der Waals surface area (Å²) in [6, 6.07) is 0. The van der Waals surface area contributed by atoms with Crippen molar-refractivity contribution in [1.82, 2.24) is 0 Å². The van der Waals surface area contributed by atoms with Crippen molar-refractivity contribution in [3.05, 3.63) is 0 Å². The molecule has 2 aliphatic heterocycles. The van der Waals surface area contributed by atoms with Gasteiger partial charge in [0.25, 0.3) is 0 Å². The first kappa shape index (κ1) is 11.3. The van der Waals surface area contributed by atoms with Crippen LogP contribution in [0.3, 0.4) is 0 Å². The van der Waals surface area contributed by atoms with E-state index in [0.717, 1.165) is 0 Å². The first-order chi connectivity index (χ1) is 7.58. The molecule has 0 spiro atoms. The predicted molar refractivity (Wildman–Crippen MR) is 50.6 cm³/mol. The smallest absolute Gasteiger partial charge is 0.303 e. The fraction of sp³-hybridized carbons (Fsp3) is 0.800. The second-order valence-electron chi connectivity index (χ2n) is 3.89. The largest absolute Gasteiger partial charge is 0.457 e. The molecule has 2 heterocycles. The van der Waals surface area contributed by atoms with Gasteiger partial charge in [-0.05, 0) is 0 Å². The standard InChI is InChI=1S/C10H14O6/c1-5(11)15-7-3-13-10-8(16-6(2)12)4-14-9(7)10/h7-10H,3-4H2,1-2H3/t7-,8-,9?,10?/m1/s1. The Morgan fingerprint density at radius 3 is 1.62 bits per heavy atom. The third-order valence-corrected chi connectivity index (χ3v) is 2.60. The van der Waals surface area contributed by atoms with Gasteiger partial charge in [0, 0.05) is 13.8 Å². The third-order valence-electron chi connectivity index (χ3n) is 2.60. The van der Waals surface area contributed by atoms with Gasteiger partial charge in [0.2, 0.25) is 0 Å². The second kappa shape index (κ2) is 4.39. The van der Waals surface area contributed by atoms with E-state index < -0.39 is 12.2 Å². The summed E-state index contributed by atoms with van der Waals surface area (Å²) >= 11 is 0. The lowest BCUT2D eigenvalue weighted by atomic mass is 10.1. The number of esters is 2. The van der Waals surface area contributed by atoms with Crippen LogP contribution in [0.4, 0.5) is 0 Å². The number of carbonyl (C=O) groups is 2. The van der Waals surface area contributed by atoms with Gasteiger partial charge in [-0.3, -0.25) is 9.59 Å². The normalized spacial score (nSPS) is 36.9. The van der Waals surface area contributed by atoms with E-state index in [0.29, 0.717) is 0 Å². The van der Waals surface area contributed by atoms with E-state index in [1.807, 2.05) is 0 Å². The highest BCUT2D eigenvalue weighted by Crippen LogP contribution is 2.30. The summed E-state index contributed by atoms with van der Waals surface area (Å²) in [4.78, 5) is 21.7. The molecule has 2 aliphatic rings. The Hall–Kier alpha value is -1.14. The molecule has 0 N–H and O–H groups in total. The molecule has 0 amide bonds. The molecular weight excluding hydrogens is 216 g/mol. The van der Waals surface area contributed by atoms with Crippen molar-refractivity contribution in [3.63, 3.8) is 0 Å². The minimum absolute atomic E-state index is 0.284. The van der Waals surface area contributed by atoms with Crippen LogP contribution in [0.1, 0.15) is 13.8 Å². The number of rotatable bonds is 2. The lowest BCUT2D eigenvalue weighted by Gasteiger charge is -2.16. The van der Waals surface area contributed by atoms with E-state index in [-0.39, 0.29) is 37.4 Å². The maximum atomic E-state index is 10.8. The van der Waals surface area contributed by atoms with E-state index >= 15 is 0 Å². The van der Waals surface area contributed by atoms with Crippen molar-refractivity contribution < 1.29 is 28.5 Å². The molecule has 0 aromatic rings. The molecule has 0 saturated carbocycles. The molecule has 2 rings (SSSR count). The Bertz CT molecular complexity index is 272. The zero-order valence-electron chi connectivity index (χ0n) is 9.17. The third kappa shape index (κ3) is 2.17. The van der Waals surface area contributed by atoms with Gasteiger partial charge >= 0.3 is 11.9 Å². The number of hydrogen-bond acceptors (Lipinski definition) is 6. The van der Waals surface area contributed by atoms with Crippen LogP contribution < -0.4 is 0 Å². The average molecular weight is 230 g/mol. The number of ether oxygens (including phenoxy) is 4. The Morgan fingerprint density at radius 2 is 1.31 bits per heavy atom. The van der Waals surface area contributed by atoms with Crippen molar-refractivity contribution in [2.24, 2.45) is 0 Å². The number of carbonyl (C=O) groups excluding carboxylic acids is 2. The van der Waals surface area contributed by atoms with Crippen LogP contribution in [-0.2, 0) is 28.5 Å². The predicted octanol–water partition coefficient (Wildman–Crippen LogP) is -0.353. The summed E-state index contributed by atoms with van der Waals surface area (Å²) in [6.07, 6.45) is -1.45. The van der Waals surface area contributed by atoms with Gasteiger partial charge in [-0.2, -0.15) is 0 Å². The van der Waals surface area contributed by atoms with Gasteiger partial charge in [0.05, 0.1) is 13.2 Å². The molecule has 2 saturated heterocycles. The maximum Gasteiger partial charge on any atom is 0.303 e. The van der Waals surface area contributed by atoms with Gasteiger partial charge in [0.15, 0.2) is 12.2 Å². The Labute approximate surface area is 92.8 Å². The molecule has 16 heavy (non-hydrogen) atoms. The second-order valence-corrected chi connectivity index (χ2v) is 3.89. The van der Waals surface area contributed by atoms with E-state index in [4.69, 9.17) is 18.9 Å². The summed E-state index contributed by atoms with van der Waals surface area (Å²) in [5, 5.41) is 0. The first-order valence-electron chi connectivity index (χ1n) is 5.15. The zero-order chi connectivity index (χ0) is 11.7. The topological polar surface area (TPSA) is 71.1 Å².